The lowest BCUT2D eigenvalue weighted by atomic mass is 9.66. The van der Waals surface area contributed by atoms with Crippen LogP contribution in [-0.2, 0) is 0 Å². The summed E-state index contributed by atoms with van der Waals surface area (Å²) in [6.45, 7) is 5.54. The molecule has 1 aliphatic carbocycles. The largest absolute Gasteiger partial charge is 0.314 e. The van der Waals surface area contributed by atoms with Crippen molar-refractivity contribution in [2.24, 2.45) is 5.92 Å². The van der Waals surface area contributed by atoms with Crippen molar-refractivity contribution in [3.05, 3.63) is 30.1 Å². The zero-order chi connectivity index (χ0) is 10.7. The Morgan fingerprint density at radius 3 is 2.87 bits per heavy atom. The molecular formula is C13H20N2. The Hall–Kier alpha value is -0.890. The molecule has 1 aromatic rings. The molecule has 1 saturated carbocycles. The highest BCUT2D eigenvalue weighted by Crippen LogP contribution is 2.43. The lowest BCUT2D eigenvalue weighted by Gasteiger charge is -2.44. The highest BCUT2D eigenvalue weighted by molar-refractivity contribution is 5.17. The normalized spacial score (nSPS) is 29.9. The van der Waals surface area contributed by atoms with Crippen molar-refractivity contribution < 1.29 is 0 Å². The Morgan fingerprint density at radius 2 is 2.27 bits per heavy atom. The molecule has 0 aromatic carbocycles. The van der Waals surface area contributed by atoms with E-state index in [-0.39, 0.29) is 0 Å². The van der Waals surface area contributed by atoms with Crippen LogP contribution < -0.4 is 5.32 Å². The van der Waals surface area contributed by atoms with Crippen LogP contribution in [0.2, 0.25) is 0 Å². The third-order valence-electron chi connectivity index (χ3n) is 3.55. The molecule has 1 aliphatic rings. The number of nitrogens with one attached hydrogen (secondary N) is 1. The summed E-state index contributed by atoms with van der Waals surface area (Å²) in [6.07, 6.45) is 4.41. The topological polar surface area (TPSA) is 24.9 Å². The highest BCUT2D eigenvalue weighted by atomic mass is 14.9. The van der Waals surface area contributed by atoms with Crippen LogP contribution in [0.25, 0.3) is 0 Å². The number of hydrogen-bond acceptors (Lipinski definition) is 2. The fourth-order valence-electron chi connectivity index (χ4n) is 2.71. The maximum absolute atomic E-state index is 4.47. The van der Waals surface area contributed by atoms with Crippen molar-refractivity contribution >= 4 is 0 Å². The molecule has 0 amide bonds. The fourth-order valence-corrected chi connectivity index (χ4v) is 2.71. The van der Waals surface area contributed by atoms with E-state index in [0.717, 1.165) is 12.5 Å². The summed E-state index contributed by atoms with van der Waals surface area (Å²) in [4.78, 5) is 4.47. The van der Waals surface area contributed by atoms with E-state index in [9.17, 15) is 0 Å². The zero-order valence-corrected chi connectivity index (χ0v) is 9.61. The second-order valence-electron chi connectivity index (χ2n) is 4.33. The third-order valence-corrected chi connectivity index (χ3v) is 3.55. The van der Waals surface area contributed by atoms with Gasteiger partial charge in [-0.05, 0) is 31.0 Å². The first-order valence-electron chi connectivity index (χ1n) is 6.01. The average molecular weight is 204 g/mol. The van der Waals surface area contributed by atoms with Crippen molar-refractivity contribution in [3.8, 4) is 0 Å². The Balaban J connectivity index is 2.02. The van der Waals surface area contributed by atoms with Gasteiger partial charge in [0, 0.05) is 23.9 Å². The van der Waals surface area contributed by atoms with Crippen LogP contribution in [0.4, 0.5) is 0 Å². The van der Waals surface area contributed by atoms with E-state index >= 15 is 0 Å². The SMILES string of the molecule is CCNC1CC(c2ccccn2)C1CC. The van der Waals surface area contributed by atoms with Crippen LogP contribution in [0.1, 0.15) is 38.3 Å². The summed E-state index contributed by atoms with van der Waals surface area (Å²) in [5, 5.41) is 3.55. The molecule has 0 bridgehead atoms. The second kappa shape index (κ2) is 4.75. The molecule has 0 spiro atoms. The van der Waals surface area contributed by atoms with E-state index in [2.05, 4.69) is 36.3 Å². The molecule has 1 heterocycles. The van der Waals surface area contributed by atoms with Gasteiger partial charge in [-0.3, -0.25) is 4.98 Å². The Morgan fingerprint density at radius 1 is 1.40 bits per heavy atom. The Kier molecular flexibility index (Phi) is 3.37. The van der Waals surface area contributed by atoms with Gasteiger partial charge in [-0.25, -0.2) is 0 Å². The lowest BCUT2D eigenvalue weighted by molar-refractivity contribution is 0.159. The van der Waals surface area contributed by atoms with E-state index in [1.165, 1.54) is 18.5 Å². The van der Waals surface area contributed by atoms with Gasteiger partial charge in [0.1, 0.15) is 0 Å². The molecule has 0 aliphatic heterocycles. The second-order valence-corrected chi connectivity index (χ2v) is 4.33. The maximum Gasteiger partial charge on any atom is 0.0438 e. The van der Waals surface area contributed by atoms with Gasteiger partial charge in [-0.1, -0.05) is 26.3 Å². The van der Waals surface area contributed by atoms with E-state index in [1.54, 1.807) is 0 Å². The van der Waals surface area contributed by atoms with E-state index in [4.69, 9.17) is 0 Å². The van der Waals surface area contributed by atoms with Crippen molar-refractivity contribution in [2.45, 2.75) is 38.6 Å². The van der Waals surface area contributed by atoms with Gasteiger partial charge in [0.25, 0.3) is 0 Å². The molecule has 1 fully saturated rings. The Bertz CT molecular complexity index is 297. The summed E-state index contributed by atoms with van der Waals surface area (Å²) in [6, 6.07) is 6.96. The minimum atomic E-state index is 0.681. The Labute approximate surface area is 92.1 Å². The summed E-state index contributed by atoms with van der Waals surface area (Å²) >= 11 is 0. The van der Waals surface area contributed by atoms with E-state index in [0.29, 0.717) is 12.0 Å². The van der Waals surface area contributed by atoms with Gasteiger partial charge in [0.15, 0.2) is 0 Å². The van der Waals surface area contributed by atoms with Gasteiger partial charge in [0.2, 0.25) is 0 Å². The first-order chi connectivity index (χ1) is 7.36. The van der Waals surface area contributed by atoms with Gasteiger partial charge < -0.3 is 5.32 Å². The zero-order valence-electron chi connectivity index (χ0n) is 9.61. The molecule has 3 unspecified atom stereocenters. The molecular weight excluding hydrogens is 184 g/mol. The molecule has 1 N–H and O–H groups in total. The molecule has 2 heteroatoms. The molecule has 0 saturated heterocycles. The number of rotatable bonds is 4. The van der Waals surface area contributed by atoms with Crippen molar-refractivity contribution in [1.29, 1.82) is 0 Å². The van der Waals surface area contributed by atoms with Gasteiger partial charge >= 0.3 is 0 Å². The van der Waals surface area contributed by atoms with Gasteiger partial charge in [-0.15, -0.1) is 0 Å². The van der Waals surface area contributed by atoms with E-state index < -0.39 is 0 Å². The van der Waals surface area contributed by atoms with Crippen LogP contribution in [-0.4, -0.2) is 17.6 Å². The maximum atomic E-state index is 4.47. The van der Waals surface area contributed by atoms with Crippen molar-refractivity contribution in [1.82, 2.24) is 10.3 Å². The summed E-state index contributed by atoms with van der Waals surface area (Å²) < 4.78 is 0. The number of pyridine rings is 1. The van der Waals surface area contributed by atoms with Crippen LogP contribution in [0.3, 0.4) is 0 Å². The average Bonchev–Trinajstić information content (AvgIpc) is 2.25. The summed E-state index contributed by atoms with van der Waals surface area (Å²) in [5.41, 5.74) is 1.28. The molecule has 1 aromatic heterocycles. The van der Waals surface area contributed by atoms with Crippen LogP contribution >= 0.6 is 0 Å². The number of aromatic nitrogens is 1. The van der Waals surface area contributed by atoms with Gasteiger partial charge in [0.05, 0.1) is 0 Å². The smallest absolute Gasteiger partial charge is 0.0438 e. The minimum Gasteiger partial charge on any atom is -0.314 e. The van der Waals surface area contributed by atoms with Crippen LogP contribution in [0.5, 0.6) is 0 Å². The molecule has 82 valence electrons. The third kappa shape index (κ3) is 2.05. The molecule has 3 atom stereocenters. The predicted molar refractivity (Wildman–Crippen MR) is 62.8 cm³/mol. The standard InChI is InChI=1S/C13H20N2/c1-3-10-11(9-13(10)14-4-2)12-7-5-6-8-15-12/h5-8,10-11,13-14H,3-4,9H2,1-2H3. The molecule has 2 nitrogen and oxygen atoms in total. The monoisotopic (exact) mass is 204 g/mol. The molecule has 2 rings (SSSR count). The quantitative estimate of drug-likeness (QED) is 0.815. The highest BCUT2D eigenvalue weighted by Gasteiger charge is 2.40. The molecule has 15 heavy (non-hydrogen) atoms. The van der Waals surface area contributed by atoms with Gasteiger partial charge in [-0.2, -0.15) is 0 Å². The molecule has 0 radical (unpaired) electrons. The predicted octanol–water partition coefficient (Wildman–Crippen LogP) is 2.57. The summed E-state index contributed by atoms with van der Waals surface area (Å²) in [5.74, 6) is 1.46. The van der Waals surface area contributed by atoms with E-state index in [1.807, 2.05) is 12.3 Å². The minimum absolute atomic E-state index is 0.681. The first kappa shape index (κ1) is 10.6. The summed E-state index contributed by atoms with van der Waals surface area (Å²) in [7, 11) is 0. The lowest BCUT2D eigenvalue weighted by Crippen LogP contribution is -2.49. The fraction of sp³-hybridized carbons (Fsp3) is 0.615. The van der Waals surface area contributed by atoms with Crippen molar-refractivity contribution in [2.75, 3.05) is 6.54 Å². The number of hydrogen-bond donors (Lipinski definition) is 1. The first-order valence-corrected chi connectivity index (χ1v) is 6.01. The van der Waals surface area contributed by atoms with Crippen molar-refractivity contribution in [3.63, 3.8) is 0 Å². The van der Waals surface area contributed by atoms with Crippen LogP contribution in [0.15, 0.2) is 24.4 Å². The number of nitrogens with zero attached hydrogens (tertiary/aromatic N) is 1. The van der Waals surface area contributed by atoms with Crippen LogP contribution in [0, 0.1) is 5.92 Å².